The second-order valence-corrected chi connectivity index (χ2v) is 5.06. The van der Waals surface area contributed by atoms with Crippen molar-refractivity contribution in [2.75, 3.05) is 0 Å². The molecule has 0 radical (unpaired) electrons. The van der Waals surface area contributed by atoms with Crippen molar-refractivity contribution in [1.29, 1.82) is 0 Å². The van der Waals surface area contributed by atoms with Crippen molar-refractivity contribution in [1.82, 2.24) is 9.97 Å². The van der Waals surface area contributed by atoms with Gasteiger partial charge in [-0.25, -0.2) is 9.78 Å². The molecule has 0 aromatic carbocycles. The SMILES string of the molecule is Cc1nc(C(=O)OC2=CC(C(=O)c3cccnc3)CC=C2)co1. The standard InChI is InChI=1S/C17H14N2O4/c1-11-19-15(10-22-11)17(21)23-14-6-2-4-12(8-14)16(20)13-5-3-7-18-9-13/h2-3,5-10,12H,4H2,1H3. The summed E-state index contributed by atoms with van der Waals surface area (Å²) in [6, 6.07) is 3.43. The first-order valence-corrected chi connectivity index (χ1v) is 7.10. The minimum atomic E-state index is -0.618. The average molecular weight is 310 g/mol. The Bertz CT molecular complexity index is 790. The molecule has 1 unspecified atom stereocenters. The number of carbonyl (C=O) groups is 2. The lowest BCUT2D eigenvalue weighted by molar-refractivity contribution is 0.0624. The normalized spacial score (nSPS) is 16.7. The molecule has 6 heteroatoms. The summed E-state index contributed by atoms with van der Waals surface area (Å²) in [5.74, 6) is -0.356. The molecule has 2 aromatic rings. The number of pyridine rings is 1. The van der Waals surface area contributed by atoms with Crippen LogP contribution in [0.3, 0.4) is 0 Å². The van der Waals surface area contributed by atoms with Gasteiger partial charge >= 0.3 is 5.97 Å². The molecular formula is C17H14N2O4. The molecule has 1 aliphatic rings. The first kappa shape index (κ1) is 14.9. The Morgan fingerprint density at radius 1 is 1.39 bits per heavy atom. The van der Waals surface area contributed by atoms with Gasteiger partial charge in [-0.15, -0.1) is 0 Å². The van der Waals surface area contributed by atoms with Gasteiger partial charge in [0.25, 0.3) is 0 Å². The second kappa shape index (κ2) is 6.39. The topological polar surface area (TPSA) is 82.3 Å². The van der Waals surface area contributed by atoms with E-state index in [0.717, 1.165) is 0 Å². The van der Waals surface area contributed by atoms with Gasteiger partial charge in [0.1, 0.15) is 12.0 Å². The highest BCUT2D eigenvalue weighted by molar-refractivity contribution is 5.99. The number of aryl methyl sites for hydroxylation is 1. The van der Waals surface area contributed by atoms with Gasteiger partial charge in [0.05, 0.1) is 0 Å². The van der Waals surface area contributed by atoms with Gasteiger partial charge in [-0.1, -0.05) is 6.08 Å². The molecule has 2 heterocycles. The molecule has 0 saturated carbocycles. The molecule has 0 spiro atoms. The Kier molecular flexibility index (Phi) is 4.14. The predicted octanol–water partition coefficient (Wildman–Crippen LogP) is 2.88. The van der Waals surface area contributed by atoms with E-state index in [0.29, 0.717) is 23.6 Å². The quantitative estimate of drug-likeness (QED) is 0.638. The van der Waals surface area contributed by atoms with Crippen molar-refractivity contribution in [2.24, 2.45) is 5.92 Å². The maximum Gasteiger partial charge on any atom is 0.365 e. The Balaban J connectivity index is 1.73. The van der Waals surface area contributed by atoms with Gasteiger partial charge in [-0.05, 0) is 30.7 Å². The maximum absolute atomic E-state index is 12.4. The average Bonchev–Trinajstić information content (AvgIpc) is 3.02. The molecule has 23 heavy (non-hydrogen) atoms. The largest absolute Gasteiger partial charge is 0.448 e. The van der Waals surface area contributed by atoms with Crippen LogP contribution in [0, 0.1) is 12.8 Å². The Morgan fingerprint density at radius 2 is 2.26 bits per heavy atom. The first-order valence-electron chi connectivity index (χ1n) is 7.10. The summed E-state index contributed by atoms with van der Waals surface area (Å²) in [6.07, 6.45) is 10.0. The number of Topliss-reactive ketones (excluding diaryl/α,β-unsaturated/α-hetero) is 1. The Morgan fingerprint density at radius 3 is 2.96 bits per heavy atom. The van der Waals surface area contributed by atoms with Gasteiger partial charge in [0.2, 0.25) is 0 Å². The summed E-state index contributed by atoms with van der Waals surface area (Å²) in [5.41, 5.74) is 0.624. The lowest BCUT2D eigenvalue weighted by atomic mass is 9.92. The minimum Gasteiger partial charge on any atom is -0.448 e. The summed E-state index contributed by atoms with van der Waals surface area (Å²) in [6.45, 7) is 1.64. The van der Waals surface area contributed by atoms with Crippen molar-refractivity contribution in [2.45, 2.75) is 13.3 Å². The van der Waals surface area contributed by atoms with E-state index in [1.807, 2.05) is 0 Å². The number of hydrogen-bond acceptors (Lipinski definition) is 6. The van der Waals surface area contributed by atoms with Crippen LogP contribution in [0.15, 0.2) is 59.2 Å². The van der Waals surface area contributed by atoms with E-state index in [1.165, 1.54) is 12.5 Å². The number of aromatic nitrogens is 2. The highest BCUT2D eigenvalue weighted by Gasteiger charge is 2.22. The van der Waals surface area contributed by atoms with Crippen LogP contribution in [0.5, 0.6) is 0 Å². The number of nitrogens with zero attached hydrogens (tertiary/aromatic N) is 2. The molecule has 116 valence electrons. The summed E-state index contributed by atoms with van der Waals surface area (Å²) in [4.78, 5) is 32.2. The zero-order chi connectivity index (χ0) is 16.2. The number of esters is 1. The van der Waals surface area contributed by atoms with Gasteiger partial charge < -0.3 is 9.15 Å². The molecular weight excluding hydrogens is 296 g/mol. The zero-order valence-corrected chi connectivity index (χ0v) is 12.4. The third-order valence-corrected chi connectivity index (χ3v) is 3.36. The first-order chi connectivity index (χ1) is 11.1. The molecule has 1 aliphatic carbocycles. The van der Waals surface area contributed by atoms with Gasteiger partial charge in [-0.2, -0.15) is 0 Å². The van der Waals surface area contributed by atoms with Crippen molar-refractivity contribution in [3.63, 3.8) is 0 Å². The fourth-order valence-corrected chi connectivity index (χ4v) is 2.24. The number of allylic oxidation sites excluding steroid dienone is 3. The number of rotatable bonds is 4. The van der Waals surface area contributed by atoms with E-state index in [4.69, 9.17) is 9.15 Å². The molecule has 0 amide bonds. The molecule has 0 aliphatic heterocycles. The summed E-state index contributed by atoms with van der Waals surface area (Å²) >= 11 is 0. The lowest BCUT2D eigenvalue weighted by Crippen LogP contribution is -2.16. The van der Waals surface area contributed by atoms with E-state index in [2.05, 4.69) is 9.97 Å². The second-order valence-electron chi connectivity index (χ2n) is 5.06. The fraction of sp³-hybridized carbons (Fsp3) is 0.176. The Hall–Kier alpha value is -3.02. The van der Waals surface area contributed by atoms with Crippen molar-refractivity contribution < 1.29 is 18.7 Å². The summed E-state index contributed by atoms with van der Waals surface area (Å²) in [7, 11) is 0. The molecule has 0 saturated heterocycles. The van der Waals surface area contributed by atoms with Gasteiger partial charge in [0, 0.05) is 30.8 Å². The van der Waals surface area contributed by atoms with Crippen LogP contribution in [0.4, 0.5) is 0 Å². The molecule has 3 rings (SSSR count). The van der Waals surface area contributed by atoms with Crippen LogP contribution < -0.4 is 0 Å². The maximum atomic E-state index is 12.4. The number of oxazole rings is 1. The van der Waals surface area contributed by atoms with Crippen LogP contribution >= 0.6 is 0 Å². The predicted molar refractivity (Wildman–Crippen MR) is 80.6 cm³/mol. The third kappa shape index (κ3) is 3.42. The molecule has 0 bridgehead atoms. The molecule has 0 fully saturated rings. The number of ether oxygens (including phenoxy) is 1. The highest BCUT2D eigenvalue weighted by atomic mass is 16.5. The zero-order valence-electron chi connectivity index (χ0n) is 12.4. The lowest BCUT2D eigenvalue weighted by Gasteiger charge is -2.15. The van der Waals surface area contributed by atoms with E-state index >= 15 is 0 Å². The van der Waals surface area contributed by atoms with Crippen molar-refractivity contribution >= 4 is 11.8 Å². The van der Waals surface area contributed by atoms with Crippen LogP contribution in [0.2, 0.25) is 0 Å². The molecule has 2 aromatic heterocycles. The van der Waals surface area contributed by atoms with Crippen LogP contribution in [0.1, 0.15) is 33.2 Å². The van der Waals surface area contributed by atoms with Gasteiger partial charge in [-0.3, -0.25) is 9.78 Å². The fourth-order valence-electron chi connectivity index (χ4n) is 2.24. The summed E-state index contributed by atoms with van der Waals surface area (Å²) < 4.78 is 10.2. The van der Waals surface area contributed by atoms with Gasteiger partial charge in [0.15, 0.2) is 17.4 Å². The minimum absolute atomic E-state index is 0.0618. The molecule has 6 nitrogen and oxygen atoms in total. The van der Waals surface area contributed by atoms with Crippen LogP contribution in [-0.4, -0.2) is 21.7 Å². The van der Waals surface area contributed by atoms with E-state index in [9.17, 15) is 9.59 Å². The number of hydrogen-bond donors (Lipinski definition) is 0. The van der Waals surface area contributed by atoms with Crippen molar-refractivity contribution in [3.05, 3.63) is 71.9 Å². The van der Waals surface area contributed by atoms with Crippen molar-refractivity contribution in [3.8, 4) is 0 Å². The van der Waals surface area contributed by atoms with Crippen LogP contribution in [-0.2, 0) is 4.74 Å². The number of ketones is 1. The smallest absolute Gasteiger partial charge is 0.365 e. The van der Waals surface area contributed by atoms with E-state index in [-0.39, 0.29) is 17.4 Å². The van der Waals surface area contributed by atoms with Crippen LogP contribution in [0.25, 0.3) is 0 Å². The Labute approximate surface area is 132 Å². The number of carbonyl (C=O) groups excluding carboxylic acids is 2. The molecule has 1 atom stereocenters. The third-order valence-electron chi connectivity index (χ3n) is 3.36. The highest BCUT2D eigenvalue weighted by Crippen LogP contribution is 2.22. The molecule has 0 N–H and O–H groups in total. The monoisotopic (exact) mass is 310 g/mol. The van der Waals surface area contributed by atoms with E-state index < -0.39 is 5.97 Å². The van der Waals surface area contributed by atoms with E-state index in [1.54, 1.807) is 43.5 Å². The summed E-state index contributed by atoms with van der Waals surface area (Å²) in [5, 5.41) is 0.